The van der Waals surface area contributed by atoms with E-state index in [1.54, 1.807) is 22.7 Å². The van der Waals surface area contributed by atoms with Crippen LogP contribution in [0.2, 0.25) is 0 Å². The Labute approximate surface area is 205 Å². The maximum absolute atomic E-state index is 14.0. The number of hydrogen-bond donors (Lipinski definition) is 0. The van der Waals surface area contributed by atoms with Crippen LogP contribution in [-0.2, 0) is 9.59 Å². The summed E-state index contributed by atoms with van der Waals surface area (Å²) in [5.41, 5.74) is 2.86. The Balaban J connectivity index is 1.85. The Morgan fingerprint density at radius 2 is 1.36 bits per heavy atom. The predicted octanol–water partition coefficient (Wildman–Crippen LogP) is 6.88. The minimum Gasteiger partial charge on any atom is -0.306 e. The highest BCUT2D eigenvalue weighted by Gasteiger charge is 2.49. The summed E-state index contributed by atoms with van der Waals surface area (Å²) >= 11 is 3.20. The van der Waals surface area contributed by atoms with Gasteiger partial charge in [0.2, 0.25) is 0 Å². The van der Waals surface area contributed by atoms with Gasteiger partial charge in [-0.2, -0.15) is 0 Å². The van der Waals surface area contributed by atoms with E-state index in [0.717, 1.165) is 53.3 Å². The standard InChI is InChI=1S/C27H34N2O2S2/c1-5-8-11-19(7-3)17-29-25(21-13-10-15-33-21)23-22(27(29)31)24(20-12-9-14-32-20)28(26(23)30)16-18(4)6-2/h9-10,12-15,18-19H,5-8,11,16-17H2,1-4H3. The smallest absolute Gasteiger partial charge is 0.261 e. The van der Waals surface area contributed by atoms with Crippen molar-refractivity contribution in [1.82, 2.24) is 9.80 Å². The summed E-state index contributed by atoms with van der Waals surface area (Å²) in [5, 5.41) is 4.05. The molecule has 2 amide bonds. The molecule has 2 atom stereocenters. The summed E-state index contributed by atoms with van der Waals surface area (Å²) in [6, 6.07) is 8.07. The van der Waals surface area contributed by atoms with Gasteiger partial charge < -0.3 is 9.80 Å². The molecule has 2 aromatic heterocycles. The number of carbonyl (C=O) groups excluding carboxylic acids is 2. The zero-order chi connectivity index (χ0) is 23.5. The fourth-order valence-electron chi connectivity index (χ4n) is 4.70. The third kappa shape index (κ3) is 4.47. The maximum atomic E-state index is 14.0. The van der Waals surface area contributed by atoms with E-state index in [9.17, 15) is 9.59 Å². The summed E-state index contributed by atoms with van der Waals surface area (Å²) < 4.78 is 0. The van der Waals surface area contributed by atoms with Crippen LogP contribution in [0.5, 0.6) is 0 Å². The first-order valence-electron chi connectivity index (χ1n) is 12.2. The number of nitrogens with zero attached hydrogens (tertiary/aromatic N) is 2. The number of hydrogen-bond acceptors (Lipinski definition) is 4. The highest BCUT2D eigenvalue weighted by Crippen LogP contribution is 2.48. The van der Waals surface area contributed by atoms with Gasteiger partial charge in [0.1, 0.15) is 0 Å². The molecule has 0 aliphatic carbocycles. The summed E-state index contributed by atoms with van der Waals surface area (Å²) in [4.78, 5) is 33.7. The zero-order valence-electron chi connectivity index (χ0n) is 20.1. The molecule has 0 aromatic carbocycles. The van der Waals surface area contributed by atoms with Crippen LogP contribution in [0, 0.1) is 11.8 Å². The van der Waals surface area contributed by atoms with Crippen molar-refractivity contribution >= 4 is 45.9 Å². The quantitative estimate of drug-likeness (QED) is 0.350. The SMILES string of the molecule is CCCCC(CC)CN1C(=O)C2=C(c3cccs3)N(CC(C)CC)C(=O)C2=C1c1cccs1. The lowest BCUT2D eigenvalue weighted by Crippen LogP contribution is -2.34. The molecule has 2 aliphatic rings. The van der Waals surface area contributed by atoms with Gasteiger partial charge in [-0.05, 0) is 41.1 Å². The van der Waals surface area contributed by atoms with Crippen molar-refractivity contribution in [3.05, 3.63) is 55.9 Å². The third-order valence-corrected chi connectivity index (χ3v) is 8.62. The van der Waals surface area contributed by atoms with Crippen LogP contribution in [0.3, 0.4) is 0 Å². The van der Waals surface area contributed by atoms with Gasteiger partial charge in [-0.3, -0.25) is 9.59 Å². The number of amides is 2. The number of rotatable bonds is 11. The average molecular weight is 483 g/mol. The van der Waals surface area contributed by atoms with Crippen LogP contribution in [0.1, 0.15) is 69.6 Å². The molecule has 176 valence electrons. The van der Waals surface area contributed by atoms with Gasteiger partial charge in [-0.1, -0.05) is 65.5 Å². The van der Waals surface area contributed by atoms with E-state index < -0.39 is 0 Å². The molecule has 2 aliphatic heterocycles. The number of thiophene rings is 2. The van der Waals surface area contributed by atoms with Crippen LogP contribution in [0.15, 0.2) is 46.2 Å². The maximum Gasteiger partial charge on any atom is 0.261 e. The molecule has 0 saturated heterocycles. The molecular weight excluding hydrogens is 448 g/mol. The van der Waals surface area contributed by atoms with E-state index in [1.807, 2.05) is 44.8 Å². The summed E-state index contributed by atoms with van der Waals surface area (Å²) in [5.74, 6) is 0.764. The van der Waals surface area contributed by atoms with Gasteiger partial charge in [0.15, 0.2) is 0 Å². The molecule has 0 saturated carbocycles. The lowest BCUT2D eigenvalue weighted by molar-refractivity contribution is -0.124. The molecule has 2 aromatic rings. The van der Waals surface area contributed by atoms with Crippen LogP contribution < -0.4 is 0 Å². The second-order valence-electron chi connectivity index (χ2n) is 9.16. The summed E-state index contributed by atoms with van der Waals surface area (Å²) in [6.07, 6.45) is 5.44. The topological polar surface area (TPSA) is 40.6 Å². The van der Waals surface area contributed by atoms with Gasteiger partial charge in [-0.25, -0.2) is 0 Å². The minimum absolute atomic E-state index is 0.00764. The molecule has 4 heterocycles. The first-order valence-corrected chi connectivity index (χ1v) is 14.0. The van der Waals surface area contributed by atoms with E-state index in [-0.39, 0.29) is 11.8 Å². The number of carbonyl (C=O) groups is 2. The number of fused-ring (bicyclic) bond motifs is 1. The van der Waals surface area contributed by atoms with Crippen LogP contribution in [0.25, 0.3) is 11.4 Å². The Morgan fingerprint density at radius 1 is 0.818 bits per heavy atom. The lowest BCUT2D eigenvalue weighted by atomic mass is 9.98. The molecule has 4 nitrogen and oxygen atoms in total. The van der Waals surface area contributed by atoms with E-state index in [4.69, 9.17) is 0 Å². The van der Waals surface area contributed by atoms with E-state index in [0.29, 0.717) is 36.1 Å². The molecule has 6 heteroatoms. The van der Waals surface area contributed by atoms with Crippen molar-refractivity contribution in [3.63, 3.8) is 0 Å². The predicted molar refractivity (Wildman–Crippen MR) is 139 cm³/mol. The molecule has 0 fully saturated rings. The minimum atomic E-state index is -0.0189. The normalized spacial score (nSPS) is 18.1. The van der Waals surface area contributed by atoms with Gasteiger partial charge >= 0.3 is 0 Å². The Hall–Kier alpha value is -2.18. The van der Waals surface area contributed by atoms with Crippen LogP contribution in [-0.4, -0.2) is 34.7 Å². The van der Waals surface area contributed by atoms with Gasteiger partial charge in [-0.15, -0.1) is 22.7 Å². The van der Waals surface area contributed by atoms with E-state index in [2.05, 4.69) is 27.7 Å². The Morgan fingerprint density at radius 3 is 1.79 bits per heavy atom. The van der Waals surface area contributed by atoms with Crippen LogP contribution in [0.4, 0.5) is 0 Å². The van der Waals surface area contributed by atoms with E-state index >= 15 is 0 Å². The molecule has 2 unspecified atom stereocenters. The zero-order valence-corrected chi connectivity index (χ0v) is 21.7. The van der Waals surface area contributed by atoms with Crippen LogP contribution >= 0.6 is 22.7 Å². The van der Waals surface area contributed by atoms with Gasteiger partial charge in [0.05, 0.1) is 32.3 Å². The third-order valence-electron chi connectivity index (χ3n) is 6.87. The summed E-state index contributed by atoms with van der Waals surface area (Å²) in [7, 11) is 0. The fraction of sp³-hybridized carbons (Fsp3) is 0.481. The Bertz CT molecular complexity index is 1050. The molecular formula is C27H34N2O2S2. The van der Waals surface area contributed by atoms with Crippen molar-refractivity contribution in [2.45, 2.75) is 59.8 Å². The second-order valence-corrected chi connectivity index (χ2v) is 11.1. The molecule has 4 rings (SSSR count). The highest BCUT2D eigenvalue weighted by atomic mass is 32.1. The molecule has 33 heavy (non-hydrogen) atoms. The highest BCUT2D eigenvalue weighted by molar-refractivity contribution is 7.11. The second kappa shape index (κ2) is 10.4. The van der Waals surface area contributed by atoms with Crippen molar-refractivity contribution in [3.8, 4) is 0 Å². The molecule has 0 N–H and O–H groups in total. The average Bonchev–Trinajstić information content (AvgIpc) is 3.61. The van der Waals surface area contributed by atoms with Gasteiger partial charge in [0.25, 0.3) is 11.8 Å². The van der Waals surface area contributed by atoms with Crippen molar-refractivity contribution < 1.29 is 9.59 Å². The lowest BCUT2D eigenvalue weighted by Gasteiger charge is -2.28. The molecule has 0 bridgehead atoms. The molecule has 0 spiro atoms. The first-order chi connectivity index (χ1) is 16.0. The summed E-state index contributed by atoms with van der Waals surface area (Å²) in [6.45, 7) is 10.0. The molecule has 0 radical (unpaired) electrons. The van der Waals surface area contributed by atoms with Crippen molar-refractivity contribution in [1.29, 1.82) is 0 Å². The largest absolute Gasteiger partial charge is 0.306 e. The van der Waals surface area contributed by atoms with Gasteiger partial charge in [0, 0.05) is 13.1 Å². The number of unbranched alkanes of at least 4 members (excludes halogenated alkanes) is 1. The Kier molecular flexibility index (Phi) is 7.55. The van der Waals surface area contributed by atoms with E-state index in [1.165, 1.54) is 0 Å². The fourth-order valence-corrected chi connectivity index (χ4v) is 6.27. The first kappa shape index (κ1) is 24.0. The monoisotopic (exact) mass is 482 g/mol. The van der Waals surface area contributed by atoms with Crippen molar-refractivity contribution in [2.75, 3.05) is 13.1 Å². The van der Waals surface area contributed by atoms with Crippen molar-refractivity contribution in [2.24, 2.45) is 11.8 Å².